The fraction of sp³-hybridized carbons (Fsp3) is 0.579. The lowest BCUT2D eigenvalue weighted by atomic mass is 9.70. The first-order valence-corrected chi connectivity index (χ1v) is 8.92. The Labute approximate surface area is 141 Å². The number of rotatable bonds is 2. The number of aromatic carboxylic acids is 1. The molecule has 1 saturated heterocycles. The van der Waals surface area contributed by atoms with Gasteiger partial charge in [0.2, 0.25) is 0 Å². The summed E-state index contributed by atoms with van der Waals surface area (Å²) in [4.78, 5) is 26.2. The first kappa shape index (κ1) is 15.6. The molecule has 0 radical (unpaired) electrons. The normalized spacial score (nSPS) is 25.0. The number of benzene rings is 1. The molecule has 0 unspecified atom stereocenters. The van der Waals surface area contributed by atoms with Gasteiger partial charge in [-0.25, -0.2) is 4.79 Å². The number of hydrogen-bond donors (Lipinski definition) is 1. The molecule has 128 valence electrons. The van der Waals surface area contributed by atoms with E-state index in [9.17, 15) is 14.7 Å². The Balaban J connectivity index is 1.74. The van der Waals surface area contributed by atoms with E-state index in [1.165, 1.54) is 6.42 Å². The van der Waals surface area contributed by atoms with Crippen LogP contribution in [0.4, 0.5) is 5.69 Å². The highest BCUT2D eigenvalue weighted by atomic mass is 16.5. The van der Waals surface area contributed by atoms with Crippen molar-refractivity contribution in [3.63, 3.8) is 0 Å². The van der Waals surface area contributed by atoms with Gasteiger partial charge in [0.15, 0.2) is 0 Å². The molecule has 3 aliphatic rings. The first-order valence-electron chi connectivity index (χ1n) is 8.92. The Morgan fingerprint density at radius 3 is 2.62 bits per heavy atom. The number of fused-ring (bicyclic) bond motifs is 2. The summed E-state index contributed by atoms with van der Waals surface area (Å²) in [6.45, 7) is 1.32. The van der Waals surface area contributed by atoms with Crippen LogP contribution in [0.3, 0.4) is 0 Å². The van der Waals surface area contributed by atoms with Crippen LogP contribution in [0.1, 0.15) is 60.9 Å². The van der Waals surface area contributed by atoms with E-state index in [-0.39, 0.29) is 17.4 Å². The van der Waals surface area contributed by atoms with Gasteiger partial charge in [0.1, 0.15) is 6.10 Å². The molecule has 1 atom stereocenters. The van der Waals surface area contributed by atoms with Crippen LogP contribution in [0.25, 0.3) is 0 Å². The van der Waals surface area contributed by atoms with Crippen LogP contribution in [-0.4, -0.2) is 36.2 Å². The van der Waals surface area contributed by atoms with Crippen LogP contribution in [0, 0.1) is 0 Å². The summed E-state index contributed by atoms with van der Waals surface area (Å²) in [5.41, 5.74) is 2.17. The first-order chi connectivity index (χ1) is 11.6. The maximum atomic E-state index is 12.9. The topological polar surface area (TPSA) is 66.8 Å². The molecule has 24 heavy (non-hydrogen) atoms. The molecular weight excluding hydrogens is 306 g/mol. The van der Waals surface area contributed by atoms with Gasteiger partial charge in [-0.3, -0.25) is 4.79 Å². The van der Waals surface area contributed by atoms with Gasteiger partial charge in [0, 0.05) is 24.3 Å². The van der Waals surface area contributed by atoms with Crippen LogP contribution in [0.5, 0.6) is 0 Å². The molecule has 5 nitrogen and oxygen atoms in total. The van der Waals surface area contributed by atoms with Crippen molar-refractivity contribution >= 4 is 17.6 Å². The van der Waals surface area contributed by atoms with E-state index in [0.29, 0.717) is 18.7 Å². The molecule has 1 amide bonds. The van der Waals surface area contributed by atoms with Crippen molar-refractivity contribution in [3.8, 4) is 0 Å². The number of carbonyl (C=O) groups is 2. The molecule has 1 N–H and O–H groups in total. The Hall–Kier alpha value is -1.88. The molecule has 1 aromatic carbocycles. The molecule has 0 bridgehead atoms. The lowest BCUT2D eigenvalue weighted by Gasteiger charge is -2.34. The third-order valence-electron chi connectivity index (χ3n) is 5.85. The maximum Gasteiger partial charge on any atom is 0.335 e. The van der Waals surface area contributed by atoms with Crippen LogP contribution >= 0.6 is 0 Å². The standard InChI is InChI=1S/C19H23NO4/c21-17(16-5-4-10-24-16)20-12-19(8-2-1-3-9-19)14-11-13(18(22)23)6-7-15(14)20/h6-7,11,16H,1-5,8-10,12H2,(H,22,23)/t16-/m1/s1. The lowest BCUT2D eigenvalue weighted by molar-refractivity contribution is -0.127. The van der Waals surface area contributed by atoms with E-state index in [2.05, 4.69) is 0 Å². The second kappa shape index (κ2) is 5.88. The molecule has 2 aliphatic heterocycles. The average molecular weight is 329 g/mol. The maximum absolute atomic E-state index is 12.9. The second-order valence-electron chi connectivity index (χ2n) is 7.30. The van der Waals surface area contributed by atoms with E-state index in [0.717, 1.165) is 49.8 Å². The van der Waals surface area contributed by atoms with Crippen molar-refractivity contribution in [2.75, 3.05) is 18.1 Å². The van der Waals surface area contributed by atoms with Gasteiger partial charge >= 0.3 is 5.97 Å². The summed E-state index contributed by atoms with van der Waals surface area (Å²) in [5.74, 6) is -0.869. The zero-order valence-electron chi connectivity index (χ0n) is 13.8. The van der Waals surface area contributed by atoms with Crippen LogP contribution in [0.2, 0.25) is 0 Å². The van der Waals surface area contributed by atoms with E-state index < -0.39 is 5.97 Å². The summed E-state index contributed by atoms with van der Waals surface area (Å²) < 4.78 is 5.59. The summed E-state index contributed by atoms with van der Waals surface area (Å²) in [5, 5.41) is 9.35. The minimum atomic E-state index is -0.910. The minimum absolute atomic E-state index is 0.0410. The molecule has 1 saturated carbocycles. The Morgan fingerprint density at radius 1 is 1.17 bits per heavy atom. The molecule has 1 aliphatic carbocycles. The fourth-order valence-electron chi connectivity index (χ4n) is 4.60. The third kappa shape index (κ3) is 2.42. The molecule has 1 spiro atoms. The zero-order chi connectivity index (χ0) is 16.7. The molecular formula is C19H23NO4. The Kier molecular flexibility index (Phi) is 3.83. The number of carbonyl (C=O) groups excluding carboxylic acids is 1. The van der Waals surface area contributed by atoms with Crippen molar-refractivity contribution in [2.24, 2.45) is 0 Å². The van der Waals surface area contributed by atoms with Gasteiger partial charge in [0.05, 0.1) is 5.56 Å². The number of amides is 1. The zero-order valence-corrected chi connectivity index (χ0v) is 13.8. The quantitative estimate of drug-likeness (QED) is 0.905. The predicted molar refractivity (Wildman–Crippen MR) is 89.5 cm³/mol. The average Bonchev–Trinajstić information content (AvgIpc) is 3.23. The number of carboxylic acids is 1. The van der Waals surface area contributed by atoms with Crippen molar-refractivity contribution < 1.29 is 19.4 Å². The molecule has 0 aromatic heterocycles. The molecule has 2 heterocycles. The van der Waals surface area contributed by atoms with E-state index >= 15 is 0 Å². The van der Waals surface area contributed by atoms with E-state index in [1.54, 1.807) is 12.1 Å². The number of carboxylic acid groups (broad SMARTS) is 1. The summed E-state index contributed by atoms with van der Waals surface area (Å²) >= 11 is 0. The molecule has 2 fully saturated rings. The highest BCUT2D eigenvalue weighted by molar-refractivity contribution is 6.00. The van der Waals surface area contributed by atoms with Gasteiger partial charge in [-0.15, -0.1) is 0 Å². The third-order valence-corrected chi connectivity index (χ3v) is 5.85. The van der Waals surface area contributed by atoms with E-state index in [4.69, 9.17) is 4.74 Å². The predicted octanol–water partition coefficient (Wildman–Crippen LogP) is 3.11. The fourth-order valence-corrected chi connectivity index (χ4v) is 4.60. The van der Waals surface area contributed by atoms with Gasteiger partial charge in [-0.1, -0.05) is 19.3 Å². The smallest absolute Gasteiger partial charge is 0.335 e. The number of ether oxygens (including phenoxy) is 1. The molecule has 4 rings (SSSR count). The summed E-state index contributed by atoms with van der Waals surface area (Å²) in [7, 11) is 0. The SMILES string of the molecule is O=C(O)c1ccc2c(c1)C1(CCCCC1)CN2C(=O)[C@H]1CCCO1. The lowest BCUT2D eigenvalue weighted by Crippen LogP contribution is -2.42. The van der Waals surface area contributed by atoms with E-state index in [1.807, 2.05) is 11.0 Å². The van der Waals surface area contributed by atoms with Crippen molar-refractivity contribution in [1.29, 1.82) is 0 Å². The summed E-state index contributed by atoms with van der Waals surface area (Å²) in [6, 6.07) is 5.22. The van der Waals surface area contributed by atoms with Gasteiger partial charge < -0.3 is 14.7 Å². The molecule has 1 aromatic rings. The van der Waals surface area contributed by atoms with Crippen molar-refractivity contribution in [3.05, 3.63) is 29.3 Å². The van der Waals surface area contributed by atoms with Crippen molar-refractivity contribution in [1.82, 2.24) is 0 Å². The van der Waals surface area contributed by atoms with Crippen molar-refractivity contribution in [2.45, 2.75) is 56.5 Å². The molecule has 5 heteroatoms. The van der Waals surface area contributed by atoms with Gasteiger partial charge in [-0.2, -0.15) is 0 Å². The van der Waals surface area contributed by atoms with Crippen LogP contribution in [-0.2, 0) is 14.9 Å². The minimum Gasteiger partial charge on any atom is -0.478 e. The largest absolute Gasteiger partial charge is 0.478 e. The highest BCUT2D eigenvalue weighted by Gasteiger charge is 2.46. The van der Waals surface area contributed by atoms with Crippen LogP contribution < -0.4 is 4.90 Å². The number of hydrogen-bond acceptors (Lipinski definition) is 3. The monoisotopic (exact) mass is 329 g/mol. The summed E-state index contributed by atoms with van der Waals surface area (Å²) in [6.07, 6.45) is 6.92. The number of nitrogens with zero attached hydrogens (tertiary/aromatic N) is 1. The second-order valence-corrected chi connectivity index (χ2v) is 7.30. The number of anilines is 1. The van der Waals surface area contributed by atoms with Gasteiger partial charge in [-0.05, 0) is 49.4 Å². The Morgan fingerprint density at radius 2 is 1.96 bits per heavy atom. The van der Waals surface area contributed by atoms with Crippen LogP contribution in [0.15, 0.2) is 18.2 Å². The van der Waals surface area contributed by atoms with Gasteiger partial charge in [0.25, 0.3) is 5.91 Å². The highest BCUT2D eigenvalue weighted by Crippen LogP contribution is 2.49. The Bertz CT molecular complexity index is 672.